The van der Waals surface area contributed by atoms with Gasteiger partial charge in [0.2, 0.25) is 0 Å². The van der Waals surface area contributed by atoms with Crippen LogP contribution >= 0.6 is 12.6 Å². The molecule has 5 heteroatoms. The molecule has 0 amide bonds. The zero-order valence-electron chi connectivity index (χ0n) is 4.83. The Balaban J connectivity index is 3.66. The molecule has 0 unspecified atom stereocenters. The fraction of sp³-hybridized carbons (Fsp3) is 0.200. The van der Waals surface area contributed by atoms with E-state index in [4.69, 9.17) is 5.11 Å². The number of hydrogen-bond donors (Lipinski definition) is 2. The third-order valence-electron chi connectivity index (χ3n) is 0.452. The molecule has 0 atom stereocenters. The first-order valence-corrected chi connectivity index (χ1v) is 2.84. The van der Waals surface area contributed by atoms with Crippen molar-refractivity contribution >= 4 is 24.6 Å². The molecule has 0 aliphatic heterocycles. The van der Waals surface area contributed by atoms with Crippen molar-refractivity contribution in [2.24, 2.45) is 0 Å². The molecule has 0 aromatic heterocycles. The third kappa shape index (κ3) is 5.00. The van der Waals surface area contributed by atoms with E-state index in [2.05, 4.69) is 17.4 Å². The Morgan fingerprint density at radius 2 is 2.20 bits per heavy atom. The van der Waals surface area contributed by atoms with E-state index in [0.29, 0.717) is 0 Å². The monoisotopic (exact) mass is 160 g/mol. The zero-order valence-corrected chi connectivity index (χ0v) is 5.72. The molecule has 0 saturated carbocycles. The average Bonchev–Trinajstić information content (AvgIpc) is 1.87. The highest BCUT2D eigenvalue weighted by Crippen LogP contribution is 1.78. The predicted molar refractivity (Wildman–Crippen MR) is 35.4 cm³/mol. The summed E-state index contributed by atoms with van der Waals surface area (Å²) in [6.07, 6.45) is 1.69. The number of carbonyl (C=O) groups is 2. The summed E-state index contributed by atoms with van der Waals surface area (Å²) in [6, 6.07) is 0. The summed E-state index contributed by atoms with van der Waals surface area (Å²) < 4.78 is 4.04. The van der Waals surface area contributed by atoms with Gasteiger partial charge in [0.15, 0.2) is 0 Å². The van der Waals surface area contributed by atoms with Crippen molar-refractivity contribution in [1.82, 2.24) is 0 Å². The minimum Gasteiger partial charge on any atom is -0.472 e. The predicted octanol–water partition coefficient (Wildman–Crippen LogP) is -0.495. The molecule has 0 aliphatic carbocycles. The minimum atomic E-state index is -1.34. The number of carboxylic acids is 1. The maximum atomic E-state index is 10.2. The number of ether oxygens (including phenoxy) is 1. The van der Waals surface area contributed by atoms with Gasteiger partial charge < -0.3 is 9.84 Å². The van der Waals surface area contributed by atoms with Gasteiger partial charge in [0.25, 0.3) is 0 Å². The molecule has 0 heterocycles. The fourth-order valence-electron chi connectivity index (χ4n) is 0.158. The van der Waals surface area contributed by atoms with Gasteiger partial charge in [-0.25, -0.2) is 4.79 Å². The highest BCUT2D eigenvalue weighted by atomic mass is 32.1. The van der Waals surface area contributed by atoms with E-state index in [1.165, 1.54) is 0 Å². The van der Waals surface area contributed by atoms with E-state index < -0.39 is 11.9 Å². The molecule has 54 valence electrons. The Labute approximate surface area is 62.6 Å². The van der Waals surface area contributed by atoms with Gasteiger partial charge in [0, 0.05) is 0 Å². The molecule has 0 rings (SSSR count). The maximum Gasteiger partial charge on any atom is 0.385 e. The van der Waals surface area contributed by atoms with E-state index in [0.717, 1.165) is 0 Å². The minimum absolute atomic E-state index is 0.117. The molecular formula is C5H4O4S. The van der Waals surface area contributed by atoms with Gasteiger partial charge in [0.1, 0.15) is 6.11 Å². The van der Waals surface area contributed by atoms with Crippen molar-refractivity contribution in [3.63, 3.8) is 0 Å². The van der Waals surface area contributed by atoms with Crippen LogP contribution in [0, 0.1) is 12.0 Å². The number of rotatable bonds is 1. The van der Waals surface area contributed by atoms with Gasteiger partial charge in [-0.3, -0.25) is 4.79 Å². The summed E-state index contributed by atoms with van der Waals surface area (Å²) in [6.45, 7) is 0. The molecule has 4 nitrogen and oxygen atoms in total. The number of carboxylic acid groups (broad SMARTS) is 1. The molecule has 10 heavy (non-hydrogen) atoms. The molecule has 1 N–H and O–H groups in total. The van der Waals surface area contributed by atoms with E-state index in [9.17, 15) is 9.59 Å². The van der Waals surface area contributed by atoms with Crippen LogP contribution in [0.4, 0.5) is 0 Å². The SMILES string of the molecule is O=C(O)C#COC(=O)CS. The summed E-state index contributed by atoms with van der Waals surface area (Å²) in [5.41, 5.74) is 0. The van der Waals surface area contributed by atoms with Gasteiger partial charge in [-0.15, -0.1) is 0 Å². The van der Waals surface area contributed by atoms with Gasteiger partial charge in [0.05, 0.1) is 11.7 Å². The van der Waals surface area contributed by atoms with Crippen LogP contribution in [0.5, 0.6) is 0 Å². The number of hydrogen-bond acceptors (Lipinski definition) is 4. The molecule has 0 radical (unpaired) electrons. The van der Waals surface area contributed by atoms with Crippen molar-refractivity contribution in [1.29, 1.82) is 0 Å². The van der Waals surface area contributed by atoms with Crippen LogP contribution in [0.1, 0.15) is 0 Å². The summed E-state index contributed by atoms with van der Waals surface area (Å²) in [4.78, 5) is 19.9. The normalized spacial score (nSPS) is 7.30. The maximum absolute atomic E-state index is 10.2. The van der Waals surface area contributed by atoms with Crippen molar-refractivity contribution < 1.29 is 19.4 Å². The lowest BCUT2D eigenvalue weighted by molar-refractivity contribution is -0.133. The summed E-state index contributed by atoms with van der Waals surface area (Å²) >= 11 is 3.55. The molecule has 0 bridgehead atoms. The smallest absolute Gasteiger partial charge is 0.385 e. The van der Waals surface area contributed by atoms with Crippen molar-refractivity contribution in [2.75, 3.05) is 5.75 Å². The van der Waals surface area contributed by atoms with Crippen molar-refractivity contribution in [2.45, 2.75) is 0 Å². The highest BCUT2D eigenvalue weighted by Gasteiger charge is 1.94. The van der Waals surface area contributed by atoms with Crippen LogP contribution in [-0.4, -0.2) is 22.8 Å². The summed E-state index contributed by atoms with van der Waals surface area (Å²) in [7, 11) is 0. The van der Waals surface area contributed by atoms with Crippen molar-refractivity contribution in [3.8, 4) is 12.0 Å². The van der Waals surface area contributed by atoms with Crippen LogP contribution in [0.15, 0.2) is 0 Å². The van der Waals surface area contributed by atoms with Crippen LogP contribution in [-0.2, 0) is 14.3 Å². The van der Waals surface area contributed by atoms with E-state index >= 15 is 0 Å². The standard InChI is InChI=1S/C5H4O4S/c6-4(7)1-2-9-5(8)3-10/h10H,3H2,(H,6,7). The van der Waals surface area contributed by atoms with Crippen molar-refractivity contribution in [3.05, 3.63) is 0 Å². The number of thiol groups is 1. The summed E-state index contributed by atoms with van der Waals surface area (Å²) in [5, 5.41) is 7.92. The molecule has 0 fully saturated rings. The van der Waals surface area contributed by atoms with E-state index in [1.54, 1.807) is 12.0 Å². The quantitative estimate of drug-likeness (QED) is 0.308. The fourth-order valence-corrected chi connectivity index (χ4v) is 0.223. The van der Waals surface area contributed by atoms with Crippen LogP contribution in [0.25, 0.3) is 0 Å². The van der Waals surface area contributed by atoms with Gasteiger partial charge in [-0.05, 0) is 0 Å². The van der Waals surface area contributed by atoms with Crippen LogP contribution in [0.3, 0.4) is 0 Å². The molecule has 0 aromatic rings. The largest absolute Gasteiger partial charge is 0.472 e. The first kappa shape index (κ1) is 8.85. The lowest BCUT2D eigenvalue weighted by Crippen LogP contribution is -2.01. The number of aliphatic carboxylic acids is 1. The second-order valence-electron chi connectivity index (χ2n) is 1.16. The second kappa shape index (κ2) is 4.70. The zero-order chi connectivity index (χ0) is 7.98. The first-order chi connectivity index (χ1) is 4.66. The molecule has 0 spiro atoms. The Morgan fingerprint density at radius 3 is 2.60 bits per heavy atom. The Bertz CT molecular complexity index is 199. The van der Waals surface area contributed by atoms with Crippen LogP contribution in [0.2, 0.25) is 0 Å². The van der Waals surface area contributed by atoms with Crippen LogP contribution < -0.4 is 0 Å². The lowest BCUT2D eigenvalue weighted by Gasteiger charge is -1.85. The lowest BCUT2D eigenvalue weighted by atomic mass is 10.7. The average molecular weight is 160 g/mol. The molecule has 0 aromatic carbocycles. The topological polar surface area (TPSA) is 63.6 Å². The Morgan fingerprint density at radius 1 is 1.60 bits per heavy atom. The van der Waals surface area contributed by atoms with Gasteiger partial charge >= 0.3 is 11.9 Å². The van der Waals surface area contributed by atoms with E-state index in [1.807, 2.05) is 0 Å². The Hall–Kier alpha value is -1.15. The number of esters is 1. The van der Waals surface area contributed by atoms with E-state index in [-0.39, 0.29) is 5.75 Å². The first-order valence-electron chi connectivity index (χ1n) is 2.21. The Kier molecular flexibility index (Phi) is 4.16. The molecule has 0 saturated heterocycles. The number of carbonyl (C=O) groups excluding carboxylic acids is 1. The van der Waals surface area contributed by atoms with Gasteiger partial charge in [-0.2, -0.15) is 12.6 Å². The molecule has 0 aliphatic rings. The highest BCUT2D eigenvalue weighted by molar-refractivity contribution is 7.81. The third-order valence-corrected chi connectivity index (χ3v) is 0.710. The second-order valence-corrected chi connectivity index (χ2v) is 1.48. The summed E-state index contributed by atoms with van der Waals surface area (Å²) in [5.74, 6) is -0.527. The molecular weight excluding hydrogens is 156 g/mol. The van der Waals surface area contributed by atoms with Gasteiger partial charge in [-0.1, -0.05) is 0 Å².